The molecule has 0 heterocycles. The van der Waals surface area contributed by atoms with E-state index in [1.165, 1.54) is 21.6 Å². The van der Waals surface area contributed by atoms with Gasteiger partial charge in [-0.05, 0) is 55.3 Å². The highest BCUT2D eigenvalue weighted by Gasteiger charge is 2.03. The first-order valence-electron chi connectivity index (χ1n) is 4.44. The third kappa shape index (κ3) is 2.48. The van der Waals surface area contributed by atoms with E-state index in [1.54, 1.807) is 11.8 Å². The molecule has 0 radical (unpaired) electrons. The third-order valence-corrected chi connectivity index (χ3v) is 3.07. The maximum atomic E-state index is 8.89. The number of aliphatic hydroxyl groups is 1. The number of thioether (sulfide) groups is 1. The van der Waals surface area contributed by atoms with Gasteiger partial charge in [0.05, 0.1) is 0 Å². The summed E-state index contributed by atoms with van der Waals surface area (Å²) in [6.45, 7) is 4.47. The molecule has 13 heavy (non-hydrogen) atoms. The van der Waals surface area contributed by atoms with E-state index < -0.39 is 0 Å². The van der Waals surface area contributed by atoms with E-state index in [2.05, 4.69) is 32.2 Å². The summed E-state index contributed by atoms with van der Waals surface area (Å²) >= 11 is 1.75. The first-order valence-corrected chi connectivity index (χ1v) is 5.66. The molecule has 1 nitrogen and oxygen atoms in total. The molecule has 0 spiro atoms. The molecule has 72 valence electrons. The van der Waals surface area contributed by atoms with E-state index in [1.807, 2.05) is 0 Å². The minimum Gasteiger partial charge on any atom is -0.396 e. The SMILES string of the molecule is CSc1cc(C)c(C)c(CCO)c1. The van der Waals surface area contributed by atoms with Gasteiger partial charge in [-0.3, -0.25) is 0 Å². The zero-order valence-corrected chi connectivity index (χ0v) is 9.24. The Kier molecular flexibility index (Phi) is 3.82. The average molecular weight is 196 g/mol. The summed E-state index contributed by atoms with van der Waals surface area (Å²) in [5, 5.41) is 8.89. The molecule has 2 heteroatoms. The highest BCUT2D eigenvalue weighted by Crippen LogP contribution is 2.22. The highest BCUT2D eigenvalue weighted by atomic mass is 32.2. The van der Waals surface area contributed by atoms with Crippen LogP contribution in [0.3, 0.4) is 0 Å². The molecular formula is C11H16OS. The maximum absolute atomic E-state index is 8.89. The van der Waals surface area contributed by atoms with Crippen LogP contribution in [0.15, 0.2) is 17.0 Å². The number of aliphatic hydroxyl groups excluding tert-OH is 1. The van der Waals surface area contributed by atoms with Crippen LogP contribution in [0.4, 0.5) is 0 Å². The Labute approximate surface area is 84.2 Å². The average Bonchev–Trinajstić information content (AvgIpc) is 2.13. The zero-order valence-electron chi connectivity index (χ0n) is 8.42. The van der Waals surface area contributed by atoms with Crippen molar-refractivity contribution >= 4 is 11.8 Å². The van der Waals surface area contributed by atoms with Crippen molar-refractivity contribution < 1.29 is 5.11 Å². The van der Waals surface area contributed by atoms with Crippen molar-refractivity contribution in [3.05, 3.63) is 28.8 Å². The van der Waals surface area contributed by atoms with Gasteiger partial charge in [-0.25, -0.2) is 0 Å². The molecule has 0 aromatic heterocycles. The van der Waals surface area contributed by atoms with Crippen LogP contribution in [-0.4, -0.2) is 18.0 Å². The predicted octanol–water partition coefficient (Wildman–Crippen LogP) is 2.56. The molecule has 0 amide bonds. The summed E-state index contributed by atoms with van der Waals surface area (Å²) in [6, 6.07) is 4.37. The number of aryl methyl sites for hydroxylation is 1. The van der Waals surface area contributed by atoms with E-state index >= 15 is 0 Å². The molecule has 0 fully saturated rings. The summed E-state index contributed by atoms with van der Waals surface area (Å²) in [7, 11) is 0. The Morgan fingerprint density at radius 3 is 2.54 bits per heavy atom. The van der Waals surface area contributed by atoms with Gasteiger partial charge in [0.15, 0.2) is 0 Å². The number of hydrogen-bond donors (Lipinski definition) is 1. The van der Waals surface area contributed by atoms with Crippen molar-refractivity contribution in [2.24, 2.45) is 0 Å². The standard InChI is InChI=1S/C11H16OS/c1-8-6-11(13-3)7-10(4-5-12)9(8)2/h6-7,12H,4-5H2,1-3H3. The molecule has 0 aliphatic rings. The first-order chi connectivity index (χ1) is 6.19. The van der Waals surface area contributed by atoms with Crippen LogP contribution in [0.1, 0.15) is 16.7 Å². The van der Waals surface area contributed by atoms with Crippen molar-refractivity contribution in [2.75, 3.05) is 12.9 Å². The minimum absolute atomic E-state index is 0.234. The van der Waals surface area contributed by atoms with E-state index in [0.717, 1.165) is 6.42 Å². The van der Waals surface area contributed by atoms with E-state index in [9.17, 15) is 0 Å². The second-order valence-corrected chi connectivity index (χ2v) is 4.08. The first kappa shape index (κ1) is 10.6. The lowest BCUT2D eigenvalue weighted by molar-refractivity contribution is 0.299. The largest absolute Gasteiger partial charge is 0.396 e. The summed E-state index contributed by atoms with van der Waals surface area (Å²) < 4.78 is 0. The van der Waals surface area contributed by atoms with Crippen LogP contribution < -0.4 is 0 Å². The smallest absolute Gasteiger partial charge is 0.0471 e. The van der Waals surface area contributed by atoms with E-state index in [4.69, 9.17) is 5.11 Å². The van der Waals surface area contributed by atoms with Gasteiger partial charge in [0.2, 0.25) is 0 Å². The molecule has 1 aromatic rings. The van der Waals surface area contributed by atoms with Gasteiger partial charge >= 0.3 is 0 Å². The van der Waals surface area contributed by atoms with E-state index in [0.29, 0.717) is 0 Å². The lowest BCUT2D eigenvalue weighted by Crippen LogP contribution is -1.96. The lowest BCUT2D eigenvalue weighted by atomic mass is 10.0. The molecule has 0 saturated heterocycles. The zero-order chi connectivity index (χ0) is 9.84. The molecule has 0 bridgehead atoms. The minimum atomic E-state index is 0.234. The van der Waals surface area contributed by atoms with Crippen LogP contribution in [0, 0.1) is 13.8 Å². The Morgan fingerprint density at radius 2 is 2.00 bits per heavy atom. The fourth-order valence-electron chi connectivity index (χ4n) is 1.39. The van der Waals surface area contributed by atoms with Crippen molar-refractivity contribution in [2.45, 2.75) is 25.2 Å². The Balaban J connectivity index is 3.09. The van der Waals surface area contributed by atoms with E-state index in [-0.39, 0.29) is 6.61 Å². The summed E-state index contributed by atoms with van der Waals surface area (Å²) in [6.07, 6.45) is 2.84. The maximum Gasteiger partial charge on any atom is 0.0471 e. The van der Waals surface area contributed by atoms with Crippen LogP contribution in [0.25, 0.3) is 0 Å². The highest BCUT2D eigenvalue weighted by molar-refractivity contribution is 7.98. The van der Waals surface area contributed by atoms with Crippen molar-refractivity contribution in [1.82, 2.24) is 0 Å². The third-order valence-electron chi connectivity index (χ3n) is 2.37. The van der Waals surface area contributed by atoms with Crippen LogP contribution in [0.2, 0.25) is 0 Å². The topological polar surface area (TPSA) is 20.2 Å². The number of rotatable bonds is 3. The molecule has 0 aliphatic carbocycles. The van der Waals surface area contributed by atoms with Gasteiger partial charge in [-0.15, -0.1) is 11.8 Å². The Bertz CT molecular complexity index is 294. The van der Waals surface area contributed by atoms with Crippen molar-refractivity contribution in [3.8, 4) is 0 Å². The van der Waals surface area contributed by atoms with Gasteiger partial charge in [0.25, 0.3) is 0 Å². The molecule has 1 aromatic carbocycles. The van der Waals surface area contributed by atoms with Crippen molar-refractivity contribution in [3.63, 3.8) is 0 Å². The second-order valence-electron chi connectivity index (χ2n) is 3.20. The van der Waals surface area contributed by atoms with Crippen LogP contribution in [-0.2, 0) is 6.42 Å². The van der Waals surface area contributed by atoms with Crippen LogP contribution >= 0.6 is 11.8 Å². The predicted molar refractivity (Wildman–Crippen MR) is 58.5 cm³/mol. The molecule has 1 N–H and O–H groups in total. The molecule has 0 unspecified atom stereocenters. The summed E-state index contributed by atoms with van der Waals surface area (Å²) in [4.78, 5) is 1.28. The molecule has 0 aliphatic heterocycles. The fraction of sp³-hybridized carbons (Fsp3) is 0.455. The Hall–Kier alpha value is -0.470. The van der Waals surface area contributed by atoms with Gasteiger partial charge < -0.3 is 5.11 Å². The van der Waals surface area contributed by atoms with Gasteiger partial charge in [-0.1, -0.05) is 0 Å². The van der Waals surface area contributed by atoms with Gasteiger partial charge in [-0.2, -0.15) is 0 Å². The quantitative estimate of drug-likeness (QED) is 0.750. The lowest BCUT2D eigenvalue weighted by Gasteiger charge is -2.09. The summed E-state index contributed by atoms with van der Waals surface area (Å²) in [5.41, 5.74) is 3.90. The molecule has 0 atom stereocenters. The van der Waals surface area contributed by atoms with Crippen LogP contribution in [0.5, 0.6) is 0 Å². The monoisotopic (exact) mass is 196 g/mol. The second kappa shape index (κ2) is 4.68. The number of benzene rings is 1. The normalized spacial score (nSPS) is 10.5. The van der Waals surface area contributed by atoms with Gasteiger partial charge in [0, 0.05) is 11.5 Å². The Morgan fingerprint density at radius 1 is 1.31 bits per heavy atom. The summed E-state index contributed by atoms with van der Waals surface area (Å²) in [5.74, 6) is 0. The molecular weight excluding hydrogens is 180 g/mol. The fourth-order valence-corrected chi connectivity index (χ4v) is 1.95. The van der Waals surface area contributed by atoms with Gasteiger partial charge in [0.1, 0.15) is 0 Å². The van der Waals surface area contributed by atoms with Crippen molar-refractivity contribution in [1.29, 1.82) is 0 Å². The molecule has 1 rings (SSSR count). The molecule has 0 saturated carbocycles. The number of hydrogen-bond acceptors (Lipinski definition) is 2.